The Morgan fingerprint density at radius 1 is 1.25 bits per heavy atom. The van der Waals surface area contributed by atoms with Gasteiger partial charge in [-0.2, -0.15) is 0 Å². The molecule has 2 N–H and O–H groups in total. The zero-order valence-corrected chi connectivity index (χ0v) is 12.8. The van der Waals surface area contributed by atoms with Crippen LogP contribution in [0.2, 0.25) is 0 Å². The van der Waals surface area contributed by atoms with Crippen molar-refractivity contribution in [1.82, 2.24) is 15.5 Å². The van der Waals surface area contributed by atoms with Gasteiger partial charge in [-0.3, -0.25) is 0 Å². The molecule has 0 aliphatic heterocycles. The van der Waals surface area contributed by atoms with E-state index in [2.05, 4.69) is 33.0 Å². The second kappa shape index (κ2) is 7.26. The van der Waals surface area contributed by atoms with Crippen molar-refractivity contribution in [2.24, 2.45) is 0 Å². The number of nitrogens with zero attached hydrogens (tertiary/aromatic N) is 1. The standard InChI is InChI=1S/C15H21N3OS/c1-18(2)9-5-8-16-15(19)17-10-12-11-20-14-7-4-3-6-13(12)14/h3-4,6-7,11H,5,8-10H2,1-2H3,(H2,16,17,19). The molecule has 1 aromatic heterocycles. The molecule has 0 bridgehead atoms. The predicted molar refractivity (Wildman–Crippen MR) is 85.2 cm³/mol. The molecule has 0 aliphatic rings. The minimum absolute atomic E-state index is 0.0981. The summed E-state index contributed by atoms with van der Waals surface area (Å²) in [6.07, 6.45) is 0.960. The Balaban J connectivity index is 1.76. The molecule has 0 spiro atoms. The first-order chi connectivity index (χ1) is 9.66. The van der Waals surface area contributed by atoms with Gasteiger partial charge in [0.15, 0.2) is 0 Å². The first-order valence-corrected chi connectivity index (χ1v) is 7.66. The lowest BCUT2D eigenvalue weighted by atomic mass is 10.2. The van der Waals surface area contributed by atoms with Crippen LogP contribution in [0.1, 0.15) is 12.0 Å². The summed E-state index contributed by atoms with van der Waals surface area (Å²) in [6.45, 7) is 2.26. The van der Waals surface area contributed by atoms with E-state index in [0.29, 0.717) is 13.1 Å². The molecule has 0 fully saturated rings. The fraction of sp³-hybridized carbons (Fsp3) is 0.400. The number of benzene rings is 1. The first kappa shape index (κ1) is 14.8. The summed E-state index contributed by atoms with van der Waals surface area (Å²) in [4.78, 5) is 13.8. The Morgan fingerprint density at radius 3 is 2.85 bits per heavy atom. The van der Waals surface area contributed by atoms with Crippen LogP contribution in [0.3, 0.4) is 0 Å². The Bertz CT molecular complexity index is 565. The minimum atomic E-state index is -0.0981. The van der Waals surface area contributed by atoms with E-state index >= 15 is 0 Å². The van der Waals surface area contributed by atoms with Gasteiger partial charge in [-0.15, -0.1) is 11.3 Å². The number of rotatable bonds is 6. The summed E-state index contributed by atoms with van der Waals surface area (Å²) in [5.74, 6) is 0. The van der Waals surface area contributed by atoms with E-state index in [0.717, 1.165) is 13.0 Å². The van der Waals surface area contributed by atoms with Crippen LogP contribution in [-0.4, -0.2) is 38.1 Å². The van der Waals surface area contributed by atoms with Gasteiger partial charge in [0.25, 0.3) is 0 Å². The molecule has 2 amide bonds. The normalized spacial score (nSPS) is 10.9. The molecule has 2 aromatic rings. The summed E-state index contributed by atoms with van der Waals surface area (Å²) < 4.78 is 1.26. The zero-order chi connectivity index (χ0) is 14.4. The molecular weight excluding hydrogens is 270 g/mol. The van der Waals surface area contributed by atoms with Gasteiger partial charge in [-0.25, -0.2) is 4.79 Å². The number of urea groups is 1. The molecule has 0 saturated carbocycles. The van der Waals surface area contributed by atoms with Crippen LogP contribution in [0.15, 0.2) is 29.6 Å². The van der Waals surface area contributed by atoms with Crippen molar-refractivity contribution in [2.75, 3.05) is 27.2 Å². The van der Waals surface area contributed by atoms with E-state index in [1.54, 1.807) is 11.3 Å². The number of amides is 2. The van der Waals surface area contributed by atoms with Crippen molar-refractivity contribution in [3.8, 4) is 0 Å². The lowest BCUT2D eigenvalue weighted by molar-refractivity contribution is 0.240. The van der Waals surface area contributed by atoms with Crippen LogP contribution < -0.4 is 10.6 Å². The molecule has 108 valence electrons. The monoisotopic (exact) mass is 291 g/mol. The maximum absolute atomic E-state index is 11.7. The highest BCUT2D eigenvalue weighted by molar-refractivity contribution is 7.17. The number of carbonyl (C=O) groups is 1. The molecule has 4 nitrogen and oxygen atoms in total. The Hall–Kier alpha value is -1.59. The van der Waals surface area contributed by atoms with Crippen LogP contribution in [-0.2, 0) is 6.54 Å². The van der Waals surface area contributed by atoms with Gasteiger partial charge in [0.2, 0.25) is 0 Å². The first-order valence-electron chi connectivity index (χ1n) is 6.78. The average Bonchev–Trinajstić information content (AvgIpc) is 2.84. The maximum atomic E-state index is 11.7. The van der Waals surface area contributed by atoms with Crippen molar-refractivity contribution in [1.29, 1.82) is 0 Å². The number of nitrogens with one attached hydrogen (secondary N) is 2. The molecule has 0 unspecified atom stereocenters. The highest BCUT2D eigenvalue weighted by Crippen LogP contribution is 2.25. The smallest absolute Gasteiger partial charge is 0.315 e. The van der Waals surface area contributed by atoms with Crippen molar-refractivity contribution in [2.45, 2.75) is 13.0 Å². The third-order valence-electron chi connectivity index (χ3n) is 3.07. The lowest BCUT2D eigenvalue weighted by Crippen LogP contribution is -2.36. The summed E-state index contributed by atoms with van der Waals surface area (Å²) >= 11 is 1.71. The molecule has 0 atom stereocenters. The molecule has 0 saturated heterocycles. The van der Waals surface area contributed by atoms with Gasteiger partial charge in [0.1, 0.15) is 0 Å². The molecule has 20 heavy (non-hydrogen) atoms. The van der Waals surface area contributed by atoms with Gasteiger partial charge >= 0.3 is 6.03 Å². The lowest BCUT2D eigenvalue weighted by Gasteiger charge is -2.10. The van der Waals surface area contributed by atoms with Crippen LogP contribution >= 0.6 is 11.3 Å². The van der Waals surface area contributed by atoms with E-state index in [-0.39, 0.29) is 6.03 Å². The fourth-order valence-corrected chi connectivity index (χ4v) is 2.97. The molecule has 2 rings (SSSR count). The number of thiophene rings is 1. The van der Waals surface area contributed by atoms with E-state index in [9.17, 15) is 4.79 Å². The van der Waals surface area contributed by atoms with Crippen molar-refractivity contribution in [3.63, 3.8) is 0 Å². The van der Waals surface area contributed by atoms with E-state index in [1.807, 2.05) is 26.2 Å². The van der Waals surface area contributed by atoms with E-state index < -0.39 is 0 Å². The SMILES string of the molecule is CN(C)CCCNC(=O)NCc1csc2ccccc12. The molecule has 1 aromatic carbocycles. The predicted octanol–water partition coefficient (Wildman–Crippen LogP) is 2.65. The highest BCUT2D eigenvalue weighted by atomic mass is 32.1. The summed E-state index contributed by atoms with van der Waals surface area (Å²) in [7, 11) is 4.06. The fourth-order valence-electron chi connectivity index (χ4n) is 2.00. The largest absolute Gasteiger partial charge is 0.338 e. The molecular formula is C15H21N3OS. The Kier molecular flexibility index (Phi) is 5.38. The summed E-state index contributed by atoms with van der Waals surface area (Å²) in [6, 6.07) is 8.16. The van der Waals surface area contributed by atoms with Crippen LogP contribution in [0.4, 0.5) is 4.79 Å². The minimum Gasteiger partial charge on any atom is -0.338 e. The van der Waals surface area contributed by atoms with Crippen LogP contribution in [0.5, 0.6) is 0 Å². The van der Waals surface area contributed by atoms with Crippen LogP contribution in [0.25, 0.3) is 10.1 Å². The topological polar surface area (TPSA) is 44.4 Å². The second-order valence-corrected chi connectivity index (χ2v) is 5.93. The quantitative estimate of drug-likeness (QED) is 0.804. The van der Waals surface area contributed by atoms with Gasteiger partial charge in [-0.1, -0.05) is 18.2 Å². The van der Waals surface area contributed by atoms with Crippen molar-refractivity contribution in [3.05, 3.63) is 35.2 Å². The molecule has 5 heteroatoms. The van der Waals surface area contributed by atoms with E-state index in [4.69, 9.17) is 0 Å². The highest BCUT2D eigenvalue weighted by Gasteiger charge is 2.05. The molecule has 0 aliphatic carbocycles. The van der Waals surface area contributed by atoms with Crippen molar-refractivity contribution < 1.29 is 4.79 Å². The third kappa shape index (κ3) is 4.21. The average molecular weight is 291 g/mol. The van der Waals surface area contributed by atoms with Gasteiger partial charge in [0, 0.05) is 17.8 Å². The third-order valence-corrected chi connectivity index (χ3v) is 4.08. The molecule has 1 heterocycles. The van der Waals surface area contributed by atoms with Gasteiger partial charge < -0.3 is 15.5 Å². The molecule has 0 radical (unpaired) electrons. The zero-order valence-electron chi connectivity index (χ0n) is 12.0. The van der Waals surface area contributed by atoms with E-state index in [1.165, 1.54) is 15.6 Å². The number of carbonyl (C=O) groups excluding carboxylic acids is 1. The summed E-state index contributed by atoms with van der Waals surface area (Å²) in [5.41, 5.74) is 1.18. The van der Waals surface area contributed by atoms with Gasteiger partial charge in [0.05, 0.1) is 0 Å². The van der Waals surface area contributed by atoms with Crippen molar-refractivity contribution >= 4 is 27.5 Å². The second-order valence-electron chi connectivity index (χ2n) is 5.02. The van der Waals surface area contributed by atoms with Gasteiger partial charge in [-0.05, 0) is 49.5 Å². The van der Waals surface area contributed by atoms with Crippen LogP contribution in [0, 0.1) is 0 Å². The number of fused-ring (bicyclic) bond motifs is 1. The number of hydrogen-bond donors (Lipinski definition) is 2. The Morgan fingerprint density at radius 2 is 2.05 bits per heavy atom. The maximum Gasteiger partial charge on any atom is 0.315 e. The summed E-state index contributed by atoms with van der Waals surface area (Å²) in [5, 5.41) is 9.12. The number of hydrogen-bond acceptors (Lipinski definition) is 3. The Labute approximate surface area is 123 Å².